The van der Waals surface area contributed by atoms with E-state index in [1.54, 1.807) is 12.1 Å². The Balaban J connectivity index is 1.38. The van der Waals surface area contributed by atoms with Gasteiger partial charge >= 0.3 is 0 Å². The molecule has 0 aliphatic heterocycles. The number of rotatable bonds is 13. The topological polar surface area (TPSA) is 344 Å². The zero-order valence-electron chi connectivity index (χ0n) is 33.2. The minimum atomic E-state index is -5.02. The molecule has 2 amide bonds. The van der Waals surface area contributed by atoms with Gasteiger partial charge in [0.15, 0.2) is 0 Å². The highest BCUT2D eigenvalue weighted by atomic mass is 32.2. The van der Waals surface area contributed by atoms with Gasteiger partial charge in [-0.15, -0.1) is 20.5 Å². The van der Waals surface area contributed by atoms with E-state index < -0.39 is 83.2 Å². The first-order chi connectivity index (χ1) is 29.8. The number of methoxy groups -OCH3 is 2. The molecule has 334 valence electrons. The predicted molar refractivity (Wildman–Crippen MR) is 229 cm³/mol. The lowest BCUT2D eigenvalue weighted by Crippen LogP contribution is -2.08. The molecule has 0 saturated heterocycles. The number of carbonyl (C=O) groups excluding carboxylic acids is 2. The number of nitrogens with zero attached hydrogens (tertiary/aromatic N) is 4. The molecule has 22 nitrogen and oxygen atoms in total. The Morgan fingerprint density at radius 1 is 0.469 bits per heavy atom. The number of ether oxygens (including phenoxy) is 2. The van der Waals surface area contributed by atoms with Crippen molar-refractivity contribution >= 4 is 108 Å². The Labute approximate surface area is 363 Å². The van der Waals surface area contributed by atoms with Crippen LogP contribution in [0.25, 0.3) is 32.7 Å². The van der Waals surface area contributed by atoms with Gasteiger partial charge in [0.05, 0.1) is 35.4 Å². The van der Waals surface area contributed by atoms with Gasteiger partial charge in [-0.2, -0.15) is 33.7 Å². The highest BCUT2D eigenvalue weighted by molar-refractivity contribution is 7.86. The van der Waals surface area contributed by atoms with Gasteiger partial charge in [-0.05, 0) is 94.7 Å². The molecular formula is C38H32N6O16S4. The SMILES string of the molecule is COc1cc(-c2ccc(N=Nc3cc4c(NC(C)=O)cc(S(=O)(=O)O)cc4cc3S(=O)(=O)O)c(OC)c2)ccc1N=Nc1cc2c(NC(C)=O)cc(S(=O)(=O)O)cc2cc1S(=O)(=O)O. The number of amides is 2. The van der Waals surface area contributed by atoms with Crippen molar-refractivity contribution in [2.75, 3.05) is 24.9 Å². The van der Waals surface area contributed by atoms with Crippen LogP contribution in [0.2, 0.25) is 0 Å². The first-order valence-electron chi connectivity index (χ1n) is 17.7. The summed E-state index contributed by atoms with van der Waals surface area (Å²) < 4.78 is 148. The van der Waals surface area contributed by atoms with Gasteiger partial charge in [0.25, 0.3) is 40.5 Å². The summed E-state index contributed by atoms with van der Waals surface area (Å²) in [5.41, 5.74) is 0.0401. The van der Waals surface area contributed by atoms with Crippen LogP contribution >= 0.6 is 0 Å². The van der Waals surface area contributed by atoms with E-state index in [4.69, 9.17) is 9.47 Å². The molecular weight excluding hydrogens is 925 g/mol. The molecule has 0 spiro atoms. The fourth-order valence-electron chi connectivity index (χ4n) is 6.25. The van der Waals surface area contributed by atoms with Gasteiger partial charge in [-0.3, -0.25) is 27.8 Å². The molecule has 0 radical (unpaired) electrons. The third kappa shape index (κ3) is 10.4. The van der Waals surface area contributed by atoms with Crippen LogP contribution in [0, 0.1) is 0 Å². The number of hydrogen-bond donors (Lipinski definition) is 6. The number of fused-ring (bicyclic) bond motifs is 2. The fourth-order valence-corrected chi connectivity index (χ4v) is 8.62. The zero-order chi connectivity index (χ0) is 47.1. The third-order valence-corrected chi connectivity index (χ3v) is 12.4. The van der Waals surface area contributed by atoms with Crippen LogP contribution in [0.3, 0.4) is 0 Å². The normalized spacial score (nSPS) is 12.6. The number of anilines is 2. The Bertz CT molecular complexity index is 3260. The van der Waals surface area contributed by atoms with E-state index in [-0.39, 0.29) is 55.8 Å². The van der Waals surface area contributed by atoms with E-state index >= 15 is 0 Å². The van der Waals surface area contributed by atoms with Crippen LogP contribution in [-0.4, -0.2) is 77.9 Å². The quantitative estimate of drug-likeness (QED) is 0.0484. The van der Waals surface area contributed by atoms with Crippen molar-refractivity contribution in [3.63, 3.8) is 0 Å². The molecule has 0 bridgehead atoms. The van der Waals surface area contributed by atoms with Gasteiger partial charge in [-0.25, -0.2) is 0 Å². The lowest BCUT2D eigenvalue weighted by atomic mass is 10.0. The summed E-state index contributed by atoms with van der Waals surface area (Å²) in [6.45, 7) is 2.26. The van der Waals surface area contributed by atoms with Gasteiger partial charge in [-0.1, -0.05) is 12.1 Å². The van der Waals surface area contributed by atoms with Crippen molar-refractivity contribution in [3.05, 3.63) is 84.9 Å². The molecule has 0 fully saturated rings. The highest BCUT2D eigenvalue weighted by Crippen LogP contribution is 2.41. The lowest BCUT2D eigenvalue weighted by molar-refractivity contribution is -0.115. The molecule has 0 aliphatic carbocycles. The smallest absolute Gasteiger partial charge is 0.296 e. The van der Waals surface area contributed by atoms with E-state index in [9.17, 15) is 61.5 Å². The van der Waals surface area contributed by atoms with Crippen LogP contribution in [-0.2, 0) is 50.1 Å². The monoisotopic (exact) mass is 956 g/mol. The first kappa shape index (κ1) is 46.7. The van der Waals surface area contributed by atoms with Gasteiger partial charge in [0.2, 0.25) is 11.8 Å². The Hall–Kier alpha value is -6.78. The summed E-state index contributed by atoms with van der Waals surface area (Å²) >= 11 is 0. The molecule has 0 heterocycles. The third-order valence-electron chi connectivity index (χ3n) is 9.01. The molecule has 0 aromatic heterocycles. The molecule has 64 heavy (non-hydrogen) atoms. The standard InChI is InChI=1S/C38H32N6O16S4/c1-19(45)39-31-15-25(61(47,48)49)9-23-13-37(63(53,54)55)33(17-27(23)31)43-41-29-7-5-21(11-35(29)59-3)22-6-8-30(36(12-22)60-4)42-44-34-18-28-24(14-38(34)64(56,57)58)10-26(62(50,51)52)16-32(28)40-20(2)46/h5-18H,1-4H3,(H,39,45)(H,40,46)(H,47,48,49)(H,50,51,52)(H,53,54,55)(H,56,57,58). The zero-order valence-corrected chi connectivity index (χ0v) is 36.5. The minimum Gasteiger partial charge on any atom is -0.494 e. The Morgan fingerprint density at radius 2 is 0.812 bits per heavy atom. The summed E-state index contributed by atoms with van der Waals surface area (Å²) in [6.07, 6.45) is 0. The average Bonchev–Trinajstić information content (AvgIpc) is 3.19. The van der Waals surface area contributed by atoms with E-state index in [0.717, 1.165) is 62.4 Å². The Morgan fingerprint density at radius 3 is 1.11 bits per heavy atom. The second-order valence-electron chi connectivity index (χ2n) is 13.5. The van der Waals surface area contributed by atoms with Gasteiger partial charge in [0, 0.05) is 24.6 Å². The summed E-state index contributed by atoms with van der Waals surface area (Å²) in [5.74, 6) is -1.03. The summed E-state index contributed by atoms with van der Waals surface area (Å²) in [7, 11) is -17.0. The van der Waals surface area contributed by atoms with Crippen molar-refractivity contribution in [2.24, 2.45) is 20.5 Å². The largest absolute Gasteiger partial charge is 0.494 e. The van der Waals surface area contributed by atoms with Crippen LogP contribution in [0.1, 0.15) is 13.8 Å². The second-order valence-corrected chi connectivity index (χ2v) is 19.1. The lowest BCUT2D eigenvalue weighted by Gasteiger charge is -2.12. The molecule has 0 aliphatic rings. The Kier molecular flexibility index (Phi) is 12.7. The van der Waals surface area contributed by atoms with E-state index in [0.29, 0.717) is 11.1 Å². The van der Waals surface area contributed by atoms with Crippen LogP contribution in [0.15, 0.2) is 125 Å². The van der Waals surface area contributed by atoms with Crippen LogP contribution in [0.5, 0.6) is 11.5 Å². The molecule has 0 unspecified atom stereocenters. The molecule has 6 rings (SSSR count). The van der Waals surface area contributed by atoms with E-state index in [2.05, 4.69) is 31.1 Å². The van der Waals surface area contributed by atoms with Crippen molar-refractivity contribution < 1.29 is 70.9 Å². The van der Waals surface area contributed by atoms with Crippen molar-refractivity contribution in [1.29, 1.82) is 0 Å². The molecule has 26 heteroatoms. The van der Waals surface area contributed by atoms with Crippen molar-refractivity contribution in [3.8, 4) is 22.6 Å². The number of benzene rings is 6. The van der Waals surface area contributed by atoms with Gasteiger partial charge < -0.3 is 20.1 Å². The summed E-state index contributed by atoms with van der Waals surface area (Å²) in [4.78, 5) is 21.0. The van der Waals surface area contributed by atoms with E-state index in [1.165, 1.54) is 38.5 Å². The number of azo groups is 2. The highest BCUT2D eigenvalue weighted by Gasteiger charge is 2.23. The van der Waals surface area contributed by atoms with Crippen molar-refractivity contribution in [1.82, 2.24) is 0 Å². The average molecular weight is 957 g/mol. The number of nitrogens with one attached hydrogen (secondary N) is 2. The second kappa shape index (κ2) is 17.4. The fraction of sp³-hybridized carbons (Fsp3) is 0.105. The number of hydrogen-bond acceptors (Lipinski definition) is 16. The minimum absolute atomic E-state index is 0.0646. The maximum atomic E-state index is 12.4. The predicted octanol–water partition coefficient (Wildman–Crippen LogP) is 7.41. The molecule has 6 aromatic rings. The van der Waals surface area contributed by atoms with Crippen LogP contribution in [0.4, 0.5) is 34.1 Å². The van der Waals surface area contributed by atoms with Crippen molar-refractivity contribution in [2.45, 2.75) is 33.4 Å². The summed E-state index contributed by atoms with van der Waals surface area (Å²) in [6, 6.07) is 16.9. The molecule has 0 saturated carbocycles. The molecule has 0 atom stereocenters. The maximum Gasteiger partial charge on any atom is 0.296 e. The first-order valence-corrected chi connectivity index (χ1v) is 23.4. The molecule has 6 N–H and O–H groups in total. The van der Waals surface area contributed by atoms with Crippen LogP contribution < -0.4 is 20.1 Å². The number of carbonyl (C=O) groups is 2. The van der Waals surface area contributed by atoms with Gasteiger partial charge in [0.1, 0.15) is 44.0 Å². The maximum absolute atomic E-state index is 12.4. The van der Waals surface area contributed by atoms with E-state index in [1.807, 2.05) is 0 Å². The summed E-state index contributed by atoms with van der Waals surface area (Å²) in [5, 5.41) is 21.0. The molecule has 6 aromatic carbocycles.